The molecule has 0 aliphatic heterocycles. The maximum Gasteiger partial charge on any atom is 0.326 e. The Hall–Kier alpha value is -3.92. The number of amides is 1. The summed E-state index contributed by atoms with van der Waals surface area (Å²) in [5.74, 6) is -7.62. The first-order valence-electron chi connectivity index (χ1n) is 16.9. The van der Waals surface area contributed by atoms with Crippen molar-refractivity contribution in [2.45, 2.75) is 108 Å². The Labute approximate surface area is 288 Å². The van der Waals surface area contributed by atoms with Gasteiger partial charge in [-0.15, -0.1) is 11.8 Å². The number of carboxylic acids is 3. The lowest BCUT2D eigenvalue weighted by molar-refractivity contribution is -0.152. The number of aliphatic carboxylic acids is 3. The molecule has 1 amide bonds. The molecular formula is C38H51NO8S. The zero-order chi connectivity index (χ0) is 35.3. The first-order chi connectivity index (χ1) is 23.0. The summed E-state index contributed by atoms with van der Waals surface area (Å²) < 4.78 is 0. The van der Waals surface area contributed by atoms with Crippen molar-refractivity contribution in [3.8, 4) is 11.1 Å². The lowest BCUT2D eigenvalue weighted by Crippen LogP contribution is -2.47. The van der Waals surface area contributed by atoms with E-state index in [0.717, 1.165) is 54.5 Å². The van der Waals surface area contributed by atoms with E-state index in [1.54, 1.807) is 30.0 Å². The van der Waals surface area contributed by atoms with Crippen LogP contribution in [0.3, 0.4) is 0 Å². The molecule has 0 radical (unpaired) electrons. The van der Waals surface area contributed by atoms with Gasteiger partial charge in [-0.1, -0.05) is 94.0 Å². The fraction of sp³-hybridized carbons (Fsp3) is 0.500. The predicted octanol–water partition coefficient (Wildman–Crippen LogP) is 7.81. The van der Waals surface area contributed by atoms with Crippen LogP contribution < -0.4 is 5.32 Å². The zero-order valence-electron chi connectivity index (χ0n) is 28.2. The second-order valence-corrected chi connectivity index (χ2v) is 13.1. The van der Waals surface area contributed by atoms with Gasteiger partial charge in [0.25, 0.3) is 0 Å². The predicted molar refractivity (Wildman–Crippen MR) is 189 cm³/mol. The second kappa shape index (κ2) is 22.6. The van der Waals surface area contributed by atoms with Gasteiger partial charge in [-0.2, -0.15) is 0 Å². The van der Waals surface area contributed by atoms with Gasteiger partial charge in [-0.25, -0.2) is 4.79 Å². The van der Waals surface area contributed by atoms with Gasteiger partial charge >= 0.3 is 17.9 Å². The molecule has 262 valence electrons. The molecule has 0 bridgehead atoms. The third-order valence-corrected chi connectivity index (χ3v) is 9.10. The van der Waals surface area contributed by atoms with Crippen molar-refractivity contribution < 1.29 is 39.3 Å². The third kappa shape index (κ3) is 15.3. The Morgan fingerprint density at radius 1 is 0.750 bits per heavy atom. The minimum atomic E-state index is -1.57. The molecule has 3 atom stereocenters. The zero-order valence-corrected chi connectivity index (χ0v) is 29.0. The topological polar surface area (TPSA) is 158 Å². The molecule has 2 aromatic carbocycles. The largest absolute Gasteiger partial charge is 0.481 e. The number of hydrogen-bond acceptors (Lipinski definition) is 6. The van der Waals surface area contributed by atoms with Crippen LogP contribution in [0.15, 0.2) is 65.6 Å². The number of benzene rings is 2. The minimum absolute atomic E-state index is 0.0404. The van der Waals surface area contributed by atoms with Crippen LogP contribution in [0.4, 0.5) is 0 Å². The molecule has 0 heterocycles. The van der Waals surface area contributed by atoms with Crippen molar-refractivity contribution >= 4 is 41.4 Å². The van der Waals surface area contributed by atoms with E-state index >= 15 is 0 Å². The number of rotatable bonds is 25. The van der Waals surface area contributed by atoms with Crippen LogP contribution in [0.25, 0.3) is 11.1 Å². The van der Waals surface area contributed by atoms with E-state index in [1.165, 1.54) is 25.3 Å². The molecule has 0 saturated carbocycles. The number of Topliss-reactive ketones (excluding diaryl/α,β-unsaturated/α-hetero) is 1. The van der Waals surface area contributed by atoms with Crippen LogP contribution in [0, 0.1) is 11.8 Å². The normalized spacial score (nSPS) is 13.1. The fourth-order valence-corrected chi connectivity index (χ4v) is 5.92. The first kappa shape index (κ1) is 40.3. The molecule has 0 aliphatic carbocycles. The third-order valence-electron chi connectivity index (χ3n) is 8.36. The lowest BCUT2D eigenvalue weighted by Gasteiger charge is -2.22. The van der Waals surface area contributed by atoms with Crippen molar-refractivity contribution in [1.82, 2.24) is 5.32 Å². The fourth-order valence-electron chi connectivity index (χ4n) is 5.51. The van der Waals surface area contributed by atoms with Gasteiger partial charge in [0.2, 0.25) is 5.91 Å². The smallest absolute Gasteiger partial charge is 0.326 e. The van der Waals surface area contributed by atoms with Gasteiger partial charge in [0.05, 0.1) is 18.3 Å². The highest BCUT2D eigenvalue weighted by Crippen LogP contribution is 2.24. The lowest BCUT2D eigenvalue weighted by atomic mass is 9.87. The molecule has 0 fully saturated rings. The molecule has 0 aromatic heterocycles. The molecule has 48 heavy (non-hydrogen) atoms. The molecule has 0 unspecified atom stereocenters. The maximum absolute atomic E-state index is 13.3. The summed E-state index contributed by atoms with van der Waals surface area (Å²) in [7, 11) is 0. The van der Waals surface area contributed by atoms with E-state index in [4.69, 9.17) is 0 Å². The highest BCUT2D eigenvalue weighted by molar-refractivity contribution is 7.98. The van der Waals surface area contributed by atoms with Crippen molar-refractivity contribution in [3.05, 3.63) is 66.2 Å². The maximum atomic E-state index is 13.3. The molecule has 2 aromatic rings. The molecule has 4 N–H and O–H groups in total. The van der Waals surface area contributed by atoms with E-state index in [0.29, 0.717) is 30.6 Å². The highest BCUT2D eigenvalue weighted by atomic mass is 32.2. The van der Waals surface area contributed by atoms with E-state index in [-0.39, 0.29) is 6.42 Å². The van der Waals surface area contributed by atoms with Crippen LogP contribution in [-0.4, -0.2) is 57.2 Å². The highest BCUT2D eigenvalue weighted by Gasteiger charge is 2.35. The van der Waals surface area contributed by atoms with Gasteiger partial charge in [-0.3, -0.25) is 19.2 Å². The summed E-state index contributed by atoms with van der Waals surface area (Å²) in [6.07, 6.45) is 14.8. The summed E-state index contributed by atoms with van der Waals surface area (Å²) in [4.78, 5) is 62.2. The van der Waals surface area contributed by atoms with Gasteiger partial charge < -0.3 is 20.6 Å². The Morgan fingerprint density at radius 2 is 1.31 bits per heavy atom. The van der Waals surface area contributed by atoms with Crippen molar-refractivity contribution in [1.29, 1.82) is 0 Å². The summed E-state index contributed by atoms with van der Waals surface area (Å²) in [6.45, 7) is 2.16. The molecular weight excluding hydrogens is 630 g/mol. The number of thioether (sulfide) groups is 1. The van der Waals surface area contributed by atoms with E-state index in [1.807, 2.05) is 42.7 Å². The van der Waals surface area contributed by atoms with Crippen LogP contribution in [0.2, 0.25) is 0 Å². The van der Waals surface area contributed by atoms with E-state index in [9.17, 15) is 39.3 Å². The minimum Gasteiger partial charge on any atom is -0.481 e. The number of hydrogen-bond donors (Lipinski definition) is 4. The Morgan fingerprint density at radius 3 is 1.83 bits per heavy atom. The standard InChI is InChI=1S/C38H51NO8S/c1-3-4-5-8-11-14-30(40)15-12-9-6-7-10-13-16-32(33(37(44)45)26-35(41)42)36(43)39-34(38(46)47)25-27-17-19-28(20-18-27)29-21-23-31(48-2)24-22-29/h13,16-24,32-34H,3-12,14-15,25-26H2,1-2H3,(H,39,43)(H,41,42)(H,44,45)(H,46,47)/b16-13+/t32-,33+,34-/m0/s1. The number of nitrogens with one attached hydrogen (secondary N) is 1. The second-order valence-electron chi connectivity index (χ2n) is 12.2. The van der Waals surface area contributed by atoms with Gasteiger partial charge in [0.1, 0.15) is 11.8 Å². The molecule has 2 rings (SSSR count). The van der Waals surface area contributed by atoms with E-state index < -0.39 is 48.1 Å². The molecule has 0 saturated heterocycles. The quantitative estimate of drug-likeness (QED) is 0.0466. The van der Waals surface area contributed by atoms with Crippen LogP contribution >= 0.6 is 11.8 Å². The summed E-state index contributed by atoms with van der Waals surface area (Å²) in [5.41, 5.74) is 2.62. The number of carbonyl (C=O) groups excluding carboxylic acids is 2. The number of carbonyl (C=O) groups is 5. The average molecular weight is 682 g/mol. The summed E-state index contributed by atoms with van der Waals surface area (Å²) in [5, 5.41) is 31.5. The number of unbranched alkanes of at least 4 members (excludes halogenated alkanes) is 8. The Balaban J connectivity index is 1.97. The number of ketones is 1. The number of carboxylic acid groups (broad SMARTS) is 3. The van der Waals surface area contributed by atoms with Crippen LogP contribution in [0.1, 0.15) is 96.0 Å². The van der Waals surface area contributed by atoms with E-state index in [2.05, 4.69) is 12.2 Å². The van der Waals surface area contributed by atoms with Gasteiger partial charge in [-0.05, 0) is 60.8 Å². The Kier molecular flexibility index (Phi) is 19.0. The molecule has 0 spiro atoms. The van der Waals surface area contributed by atoms with Crippen LogP contribution in [0.5, 0.6) is 0 Å². The van der Waals surface area contributed by atoms with Gasteiger partial charge in [0, 0.05) is 24.2 Å². The SMILES string of the molecule is CCCCCCCC(=O)CCCCCC/C=C/[C@H](C(=O)N[C@@H](Cc1ccc(-c2ccc(SC)cc2)cc1)C(=O)O)[C@@H](CC(=O)O)C(=O)O. The summed E-state index contributed by atoms with van der Waals surface area (Å²) >= 11 is 1.64. The number of allylic oxidation sites excluding steroid dienone is 1. The monoisotopic (exact) mass is 681 g/mol. The van der Waals surface area contributed by atoms with Crippen molar-refractivity contribution in [2.24, 2.45) is 11.8 Å². The molecule has 10 heteroatoms. The molecule has 0 aliphatic rings. The average Bonchev–Trinajstić information content (AvgIpc) is 3.06. The van der Waals surface area contributed by atoms with Crippen molar-refractivity contribution in [2.75, 3.05) is 6.26 Å². The van der Waals surface area contributed by atoms with Crippen LogP contribution in [-0.2, 0) is 30.4 Å². The Bertz CT molecular complexity index is 1340. The van der Waals surface area contributed by atoms with Gasteiger partial charge in [0.15, 0.2) is 0 Å². The summed E-state index contributed by atoms with van der Waals surface area (Å²) in [6, 6.07) is 14.0. The van der Waals surface area contributed by atoms with Crippen molar-refractivity contribution in [3.63, 3.8) is 0 Å². The first-order valence-corrected chi connectivity index (χ1v) is 18.2. The molecule has 9 nitrogen and oxygen atoms in total.